The average molecular weight is 320 g/mol. The van der Waals surface area contributed by atoms with Gasteiger partial charge in [0.1, 0.15) is 5.60 Å². The van der Waals surface area contributed by atoms with Crippen LogP contribution in [-0.2, 0) is 4.74 Å². The minimum atomic E-state index is -0.711. The second-order valence-electron chi connectivity index (χ2n) is 9.56. The zero-order valence-electron chi connectivity index (χ0n) is 15.1. The van der Waals surface area contributed by atoms with Crippen LogP contribution in [0.4, 0.5) is 0 Å². The van der Waals surface area contributed by atoms with Gasteiger partial charge in [0.2, 0.25) is 0 Å². The van der Waals surface area contributed by atoms with Crippen LogP contribution in [0.1, 0.15) is 66.2 Å². The summed E-state index contributed by atoms with van der Waals surface area (Å²) in [5.41, 5.74) is 2.22. The lowest BCUT2D eigenvalue weighted by Gasteiger charge is -2.63. The molecule has 4 rings (SSSR count). The zero-order chi connectivity index (χ0) is 16.6. The molecule has 1 unspecified atom stereocenters. The summed E-state index contributed by atoms with van der Waals surface area (Å²) in [7, 11) is 0. The normalized spacial score (nSPS) is 51.9. The summed E-state index contributed by atoms with van der Waals surface area (Å²) in [5, 5.41) is 22.5. The molecule has 6 atom stereocenters. The largest absolute Gasteiger partial charge is 0.392 e. The van der Waals surface area contributed by atoms with Gasteiger partial charge < -0.3 is 14.9 Å². The quantitative estimate of drug-likeness (QED) is 0.672. The van der Waals surface area contributed by atoms with E-state index in [2.05, 4.69) is 27.7 Å². The van der Waals surface area contributed by atoms with Gasteiger partial charge in [0.15, 0.2) is 0 Å². The molecule has 3 aliphatic carbocycles. The lowest BCUT2D eigenvalue weighted by Crippen LogP contribution is -2.71. The van der Waals surface area contributed by atoms with Gasteiger partial charge in [0.25, 0.3) is 0 Å². The molecule has 1 saturated heterocycles. The fourth-order valence-corrected chi connectivity index (χ4v) is 6.35. The Kier molecular flexibility index (Phi) is 3.38. The maximum absolute atomic E-state index is 11.3. The summed E-state index contributed by atoms with van der Waals surface area (Å²) in [5.74, 6) is 0.753. The zero-order valence-corrected chi connectivity index (χ0v) is 15.1. The van der Waals surface area contributed by atoms with Crippen molar-refractivity contribution in [2.45, 2.75) is 84.0 Å². The van der Waals surface area contributed by atoms with Crippen LogP contribution in [0.3, 0.4) is 0 Å². The van der Waals surface area contributed by atoms with E-state index in [9.17, 15) is 10.2 Å². The number of hydrogen-bond donors (Lipinski definition) is 2. The predicted molar refractivity (Wildman–Crippen MR) is 90.0 cm³/mol. The molecule has 1 heterocycles. The van der Waals surface area contributed by atoms with Gasteiger partial charge in [-0.15, -0.1) is 0 Å². The smallest absolute Gasteiger partial charge is 0.117 e. The molecule has 23 heavy (non-hydrogen) atoms. The molecule has 0 aromatic carbocycles. The number of aliphatic hydroxyl groups is 2. The van der Waals surface area contributed by atoms with E-state index in [-0.39, 0.29) is 29.0 Å². The van der Waals surface area contributed by atoms with Crippen LogP contribution >= 0.6 is 0 Å². The van der Waals surface area contributed by atoms with E-state index < -0.39 is 5.60 Å². The Morgan fingerprint density at radius 1 is 1.17 bits per heavy atom. The molecule has 2 saturated carbocycles. The van der Waals surface area contributed by atoms with E-state index in [4.69, 9.17) is 4.74 Å². The van der Waals surface area contributed by atoms with E-state index in [0.717, 1.165) is 32.1 Å². The molecule has 4 aliphatic rings. The first kappa shape index (κ1) is 16.1. The molecule has 0 aromatic rings. The van der Waals surface area contributed by atoms with Crippen molar-refractivity contribution in [1.29, 1.82) is 0 Å². The summed E-state index contributed by atoms with van der Waals surface area (Å²) >= 11 is 0. The number of rotatable bonds is 0. The van der Waals surface area contributed by atoms with E-state index >= 15 is 0 Å². The molecule has 0 aromatic heterocycles. The molecule has 0 amide bonds. The van der Waals surface area contributed by atoms with E-state index in [1.54, 1.807) is 0 Å². The molecular weight excluding hydrogens is 288 g/mol. The average Bonchev–Trinajstić information content (AvgIpc) is 2.46. The first-order chi connectivity index (χ1) is 10.7. The molecule has 3 heteroatoms. The van der Waals surface area contributed by atoms with Gasteiger partial charge in [0, 0.05) is 5.92 Å². The lowest BCUT2D eigenvalue weighted by atomic mass is 9.48. The van der Waals surface area contributed by atoms with Crippen molar-refractivity contribution in [2.75, 3.05) is 6.61 Å². The third-order valence-corrected chi connectivity index (χ3v) is 8.28. The van der Waals surface area contributed by atoms with Crippen molar-refractivity contribution in [3.63, 3.8) is 0 Å². The Morgan fingerprint density at radius 3 is 2.57 bits per heavy atom. The fourth-order valence-electron chi connectivity index (χ4n) is 6.35. The van der Waals surface area contributed by atoms with Crippen LogP contribution in [0, 0.1) is 22.7 Å². The topological polar surface area (TPSA) is 49.7 Å². The summed E-state index contributed by atoms with van der Waals surface area (Å²) < 4.78 is 5.67. The SMILES string of the molecule is CC1=C2CC(O)[C@]3(C)CC[C@H]4OC[C@@]4(O)[C@H]3C[C@H](CC1)C2(C)C. The van der Waals surface area contributed by atoms with Gasteiger partial charge in [-0.05, 0) is 62.2 Å². The Balaban J connectivity index is 1.79. The minimum Gasteiger partial charge on any atom is -0.392 e. The first-order valence-electron chi connectivity index (χ1n) is 9.41. The third-order valence-electron chi connectivity index (χ3n) is 8.28. The van der Waals surface area contributed by atoms with Crippen molar-refractivity contribution in [2.24, 2.45) is 22.7 Å². The molecule has 0 radical (unpaired) electrons. The highest BCUT2D eigenvalue weighted by Crippen LogP contribution is 2.61. The van der Waals surface area contributed by atoms with E-state index in [1.165, 1.54) is 17.6 Å². The molecule has 0 spiro atoms. The molecule has 2 N–H and O–H groups in total. The second kappa shape index (κ2) is 4.83. The third kappa shape index (κ3) is 1.99. The fraction of sp³-hybridized carbons (Fsp3) is 0.900. The highest BCUT2D eigenvalue weighted by atomic mass is 16.6. The van der Waals surface area contributed by atoms with Gasteiger partial charge in [0.05, 0.1) is 18.8 Å². The monoisotopic (exact) mass is 320 g/mol. The number of fused-ring (bicyclic) bond motifs is 5. The van der Waals surface area contributed by atoms with Crippen LogP contribution in [-0.4, -0.2) is 34.6 Å². The van der Waals surface area contributed by atoms with Crippen molar-refractivity contribution in [1.82, 2.24) is 0 Å². The molecule has 1 aliphatic heterocycles. The Morgan fingerprint density at radius 2 is 1.91 bits per heavy atom. The predicted octanol–water partition coefficient (Wildman–Crippen LogP) is 3.44. The van der Waals surface area contributed by atoms with Crippen LogP contribution in [0.15, 0.2) is 11.1 Å². The first-order valence-corrected chi connectivity index (χ1v) is 9.41. The summed E-state index contributed by atoms with van der Waals surface area (Å²) in [6.45, 7) is 9.64. The highest BCUT2D eigenvalue weighted by molar-refractivity contribution is 5.28. The number of ether oxygens (including phenoxy) is 1. The van der Waals surface area contributed by atoms with Gasteiger partial charge in [-0.25, -0.2) is 0 Å². The van der Waals surface area contributed by atoms with Crippen LogP contribution in [0.2, 0.25) is 0 Å². The maximum atomic E-state index is 11.3. The maximum Gasteiger partial charge on any atom is 0.117 e. The van der Waals surface area contributed by atoms with Gasteiger partial charge in [-0.1, -0.05) is 31.9 Å². The highest BCUT2D eigenvalue weighted by Gasteiger charge is 2.64. The van der Waals surface area contributed by atoms with Crippen molar-refractivity contribution >= 4 is 0 Å². The Labute approximate surface area is 140 Å². The van der Waals surface area contributed by atoms with Crippen LogP contribution < -0.4 is 0 Å². The Bertz CT molecular complexity index is 551. The van der Waals surface area contributed by atoms with Gasteiger partial charge in [-0.3, -0.25) is 0 Å². The summed E-state index contributed by atoms with van der Waals surface area (Å²) in [6, 6.07) is 0. The van der Waals surface area contributed by atoms with Crippen LogP contribution in [0.25, 0.3) is 0 Å². The van der Waals surface area contributed by atoms with E-state index in [1.807, 2.05) is 0 Å². The molecular formula is C20H32O3. The Hall–Kier alpha value is -0.380. The standard InChI is InChI=1S/C20H32O3/c1-12-5-6-13-9-15-19(4,8-7-17-20(15,22)11-23-17)16(21)10-14(12)18(13,2)3/h13,15-17,21-22H,5-11H2,1-4H3/t13-,15-,16?,17+,19+,20+/m0/s1. The van der Waals surface area contributed by atoms with Gasteiger partial charge in [-0.2, -0.15) is 0 Å². The molecule has 2 bridgehead atoms. The minimum absolute atomic E-state index is 0.00403. The molecule has 3 nitrogen and oxygen atoms in total. The number of aliphatic hydroxyl groups excluding tert-OH is 1. The van der Waals surface area contributed by atoms with Gasteiger partial charge >= 0.3 is 0 Å². The van der Waals surface area contributed by atoms with Crippen LogP contribution in [0.5, 0.6) is 0 Å². The lowest BCUT2D eigenvalue weighted by molar-refractivity contribution is -0.313. The van der Waals surface area contributed by atoms with E-state index in [0.29, 0.717) is 12.5 Å². The van der Waals surface area contributed by atoms with Crippen molar-refractivity contribution in [3.05, 3.63) is 11.1 Å². The second-order valence-corrected chi connectivity index (χ2v) is 9.56. The summed E-state index contributed by atoms with van der Waals surface area (Å²) in [6.07, 6.45) is 5.65. The number of allylic oxidation sites excluding steroid dienone is 1. The summed E-state index contributed by atoms with van der Waals surface area (Å²) in [4.78, 5) is 0. The molecule has 3 fully saturated rings. The van der Waals surface area contributed by atoms with Crippen molar-refractivity contribution < 1.29 is 14.9 Å². The number of hydrogen-bond acceptors (Lipinski definition) is 3. The van der Waals surface area contributed by atoms with Crippen molar-refractivity contribution in [3.8, 4) is 0 Å². The molecule has 130 valence electrons.